The maximum atomic E-state index is 11.1. The fraction of sp³-hybridized carbons (Fsp3) is 0.455. The standard InChI is InChI=1S/C11H14O8/c12-5-2-1-3-8(9(14)15)11(18,10(16)17)4-6-19-7-13/h1,3,5,7-8,18H,2,4,6H2,(H,14,15)(H,16,17)/b3-1+/t8-,11+/m1/s1/i5D. The van der Waals surface area contributed by atoms with Gasteiger partial charge in [-0.1, -0.05) is 12.2 Å². The number of allylic oxidation sites excluding steroid dienone is 1. The molecule has 0 unspecified atom stereocenters. The number of aliphatic hydroxyl groups is 1. The molecule has 8 nitrogen and oxygen atoms in total. The lowest BCUT2D eigenvalue weighted by Crippen LogP contribution is -2.49. The van der Waals surface area contributed by atoms with E-state index in [-0.39, 0.29) is 6.47 Å². The van der Waals surface area contributed by atoms with Crippen LogP contribution < -0.4 is 0 Å². The van der Waals surface area contributed by atoms with Gasteiger partial charge in [-0.15, -0.1) is 0 Å². The van der Waals surface area contributed by atoms with Crippen LogP contribution in [-0.4, -0.2) is 52.2 Å². The molecule has 0 aliphatic carbocycles. The molecule has 3 N–H and O–H groups in total. The molecule has 106 valence electrons. The minimum Gasteiger partial charge on any atom is -0.481 e. The third kappa shape index (κ3) is 4.88. The molecule has 0 saturated carbocycles. The molecule has 0 fully saturated rings. The van der Waals surface area contributed by atoms with Crippen LogP contribution in [0.1, 0.15) is 14.2 Å². The summed E-state index contributed by atoms with van der Waals surface area (Å²) in [6, 6.07) is 0. The van der Waals surface area contributed by atoms with Gasteiger partial charge in [0.15, 0.2) is 5.60 Å². The Balaban J connectivity index is 5.17. The maximum Gasteiger partial charge on any atom is 0.337 e. The highest BCUT2D eigenvalue weighted by Crippen LogP contribution is 2.24. The topological polar surface area (TPSA) is 138 Å². The zero-order valence-electron chi connectivity index (χ0n) is 10.8. The predicted molar refractivity (Wildman–Crippen MR) is 60.2 cm³/mol. The van der Waals surface area contributed by atoms with Crippen LogP contribution >= 0.6 is 0 Å². The number of aldehydes is 1. The highest BCUT2D eigenvalue weighted by Gasteiger charge is 2.46. The average Bonchev–Trinajstić information content (AvgIpc) is 2.33. The van der Waals surface area contributed by atoms with Crippen molar-refractivity contribution in [3.63, 3.8) is 0 Å². The molecule has 0 aromatic rings. The lowest BCUT2D eigenvalue weighted by Gasteiger charge is -2.27. The van der Waals surface area contributed by atoms with Gasteiger partial charge in [-0.25, -0.2) is 4.79 Å². The predicted octanol–water partition coefficient (Wildman–Crippen LogP) is -0.789. The molecule has 8 heteroatoms. The summed E-state index contributed by atoms with van der Waals surface area (Å²) in [6.45, 7) is -0.450. The molecule has 0 spiro atoms. The van der Waals surface area contributed by atoms with Gasteiger partial charge in [0.1, 0.15) is 13.6 Å². The van der Waals surface area contributed by atoms with Crippen molar-refractivity contribution in [1.29, 1.82) is 0 Å². The van der Waals surface area contributed by atoms with Crippen molar-refractivity contribution in [3.05, 3.63) is 12.2 Å². The summed E-state index contributed by atoms with van der Waals surface area (Å²) in [6.07, 6.45) is -0.234. The van der Waals surface area contributed by atoms with E-state index in [1.54, 1.807) is 0 Å². The smallest absolute Gasteiger partial charge is 0.337 e. The minimum absolute atomic E-state index is 0.0344. The Morgan fingerprint density at radius 2 is 2.00 bits per heavy atom. The molecule has 0 bridgehead atoms. The Kier molecular flexibility index (Phi) is 6.23. The van der Waals surface area contributed by atoms with E-state index in [1.807, 2.05) is 0 Å². The van der Waals surface area contributed by atoms with Gasteiger partial charge in [0.2, 0.25) is 0 Å². The number of hydrogen-bond acceptors (Lipinski definition) is 6. The van der Waals surface area contributed by atoms with Crippen LogP contribution in [-0.2, 0) is 23.9 Å². The summed E-state index contributed by atoms with van der Waals surface area (Å²) >= 11 is 0. The molecule has 0 aliphatic rings. The van der Waals surface area contributed by atoms with E-state index >= 15 is 0 Å². The quantitative estimate of drug-likeness (QED) is 0.268. The van der Waals surface area contributed by atoms with Crippen LogP contribution in [0.25, 0.3) is 0 Å². The van der Waals surface area contributed by atoms with Crippen molar-refractivity contribution in [1.82, 2.24) is 0 Å². The lowest BCUT2D eigenvalue weighted by molar-refractivity contribution is -0.173. The molecular weight excluding hydrogens is 260 g/mol. The zero-order valence-corrected chi connectivity index (χ0v) is 9.81. The van der Waals surface area contributed by atoms with Crippen LogP contribution in [0.2, 0.25) is 0 Å². The summed E-state index contributed by atoms with van der Waals surface area (Å²) in [4.78, 5) is 42.5. The van der Waals surface area contributed by atoms with Gasteiger partial charge in [-0.2, -0.15) is 0 Å². The summed E-state index contributed by atoms with van der Waals surface area (Å²) in [7, 11) is 0. The first-order valence-corrected chi connectivity index (χ1v) is 5.15. The van der Waals surface area contributed by atoms with Crippen LogP contribution in [0, 0.1) is 5.92 Å². The molecule has 0 rings (SSSR count). The Morgan fingerprint density at radius 3 is 2.42 bits per heavy atom. The van der Waals surface area contributed by atoms with Crippen LogP contribution in [0.3, 0.4) is 0 Å². The van der Waals surface area contributed by atoms with E-state index in [2.05, 4.69) is 4.74 Å². The van der Waals surface area contributed by atoms with Crippen LogP contribution in [0.4, 0.5) is 0 Å². The van der Waals surface area contributed by atoms with Gasteiger partial charge in [-0.3, -0.25) is 9.59 Å². The van der Waals surface area contributed by atoms with Gasteiger partial charge in [0, 0.05) is 12.8 Å². The van der Waals surface area contributed by atoms with Crippen molar-refractivity contribution in [2.24, 2.45) is 5.92 Å². The molecule has 0 heterocycles. The van der Waals surface area contributed by atoms with Crippen molar-refractivity contribution in [2.75, 3.05) is 6.61 Å². The van der Waals surface area contributed by atoms with E-state index in [0.717, 1.165) is 12.2 Å². The molecule has 19 heavy (non-hydrogen) atoms. The fourth-order valence-corrected chi connectivity index (χ4v) is 1.36. The third-order valence-corrected chi connectivity index (χ3v) is 2.35. The molecule has 0 aromatic heterocycles. The Labute approximate surface area is 109 Å². The second-order valence-corrected chi connectivity index (χ2v) is 3.54. The number of hydrogen-bond donors (Lipinski definition) is 3. The van der Waals surface area contributed by atoms with Gasteiger partial charge < -0.3 is 24.9 Å². The van der Waals surface area contributed by atoms with Gasteiger partial charge in [0.25, 0.3) is 6.47 Å². The Bertz CT molecular complexity index is 419. The average molecular weight is 275 g/mol. The number of aliphatic carboxylic acids is 2. The molecule has 0 aromatic carbocycles. The number of carbonyl (C=O) groups excluding carboxylic acids is 2. The van der Waals surface area contributed by atoms with E-state index < -0.39 is 49.2 Å². The van der Waals surface area contributed by atoms with Crippen molar-refractivity contribution >= 4 is 24.7 Å². The normalized spacial score (nSPS) is 16.2. The Hall–Kier alpha value is -2.22. The van der Waals surface area contributed by atoms with Crippen molar-refractivity contribution in [3.8, 4) is 0 Å². The number of carbonyl (C=O) groups is 4. The van der Waals surface area contributed by atoms with Crippen LogP contribution in [0.5, 0.6) is 0 Å². The fourth-order valence-electron chi connectivity index (χ4n) is 1.36. The highest BCUT2D eigenvalue weighted by atomic mass is 16.5. The SMILES string of the molecule is [2H]C(=O)C/C=C/[C@H](C(=O)O)[C@@](O)(CCOC=O)C(=O)O. The van der Waals surface area contributed by atoms with E-state index in [4.69, 9.17) is 11.6 Å². The summed E-state index contributed by atoms with van der Waals surface area (Å²) in [5, 5.41) is 27.9. The Morgan fingerprint density at radius 1 is 1.37 bits per heavy atom. The largest absolute Gasteiger partial charge is 0.481 e. The van der Waals surface area contributed by atoms with Gasteiger partial charge >= 0.3 is 11.9 Å². The highest BCUT2D eigenvalue weighted by molar-refractivity contribution is 5.87. The second-order valence-electron chi connectivity index (χ2n) is 3.54. The number of rotatable bonds is 10. The second kappa shape index (κ2) is 7.98. The molecule has 0 radical (unpaired) electrons. The zero-order chi connectivity index (χ0) is 15.8. The monoisotopic (exact) mass is 275 g/mol. The van der Waals surface area contributed by atoms with Crippen molar-refractivity contribution < 1.29 is 40.6 Å². The van der Waals surface area contributed by atoms with Crippen molar-refractivity contribution in [2.45, 2.75) is 18.4 Å². The van der Waals surface area contributed by atoms with Gasteiger partial charge in [-0.05, 0) is 0 Å². The molecule has 0 aliphatic heterocycles. The number of carboxylic acids is 2. The third-order valence-electron chi connectivity index (χ3n) is 2.35. The first-order chi connectivity index (χ1) is 9.25. The van der Waals surface area contributed by atoms with Crippen LogP contribution in [0.15, 0.2) is 12.2 Å². The molecule has 0 saturated heterocycles. The maximum absolute atomic E-state index is 11.1. The van der Waals surface area contributed by atoms with E-state index in [1.165, 1.54) is 0 Å². The first-order valence-electron chi connectivity index (χ1n) is 5.65. The first kappa shape index (κ1) is 14.8. The van der Waals surface area contributed by atoms with E-state index in [9.17, 15) is 24.3 Å². The van der Waals surface area contributed by atoms with E-state index in [0.29, 0.717) is 0 Å². The lowest BCUT2D eigenvalue weighted by atomic mass is 9.84. The minimum atomic E-state index is -2.70. The van der Waals surface area contributed by atoms with Gasteiger partial charge in [0.05, 0.1) is 6.61 Å². The number of carboxylic acid groups (broad SMARTS) is 2. The summed E-state index contributed by atoms with van der Waals surface area (Å²) < 4.78 is 10.9. The molecule has 2 atom stereocenters. The summed E-state index contributed by atoms with van der Waals surface area (Å²) in [5.41, 5.74) is -2.70. The summed E-state index contributed by atoms with van der Waals surface area (Å²) in [5.74, 6) is -5.29. The molecule has 0 amide bonds. The molecular formula is C11H14O8. The number of ether oxygens (including phenoxy) is 1.